The van der Waals surface area contributed by atoms with Gasteiger partial charge < -0.3 is 14.2 Å². The Kier molecular flexibility index (Phi) is 7.21. The number of hydrogen-bond donors (Lipinski definition) is 1. The van der Waals surface area contributed by atoms with Crippen LogP contribution in [0.3, 0.4) is 0 Å². The van der Waals surface area contributed by atoms with Gasteiger partial charge in [0.25, 0.3) is 11.4 Å². The van der Waals surface area contributed by atoms with Gasteiger partial charge in [0, 0.05) is 24.2 Å². The predicted octanol–water partition coefficient (Wildman–Crippen LogP) is 4.56. The van der Waals surface area contributed by atoms with Crippen LogP contribution in [0.15, 0.2) is 62.6 Å². The largest absolute Gasteiger partial charge is 0.485 e. The fourth-order valence-corrected chi connectivity index (χ4v) is 4.32. The number of aryl methyl sites for hydroxylation is 2. The second-order valence-corrected chi connectivity index (χ2v) is 9.05. The lowest BCUT2D eigenvalue weighted by Gasteiger charge is -2.09. The minimum Gasteiger partial charge on any atom is -0.485 e. The Morgan fingerprint density at radius 2 is 1.55 bits per heavy atom. The summed E-state index contributed by atoms with van der Waals surface area (Å²) in [6, 6.07) is 15.3. The molecule has 0 saturated carbocycles. The van der Waals surface area contributed by atoms with Crippen LogP contribution in [0, 0.1) is 0 Å². The first-order valence-electron chi connectivity index (χ1n) is 12.9. The molecule has 0 unspecified atom stereocenters. The summed E-state index contributed by atoms with van der Waals surface area (Å²) < 4.78 is 14.1. The highest BCUT2D eigenvalue weighted by Crippen LogP contribution is 2.23. The molecule has 10 heteroatoms. The van der Waals surface area contributed by atoms with Gasteiger partial charge in [-0.3, -0.25) is 13.9 Å². The van der Waals surface area contributed by atoms with Gasteiger partial charge in [-0.1, -0.05) is 38.1 Å². The summed E-state index contributed by atoms with van der Waals surface area (Å²) in [6.45, 7) is 7.03. The van der Waals surface area contributed by atoms with E-state index in [1.54, 1.807) is 4.57 Å². The summed E-state index contributed by atoms with van der Waals surface area (Å²) in [4.78, 5) is 38.0. The molecule has 1 N–H and O–H groups in total. The third-order valence-corrected chi connectivity index (χ3v) is 6.33. The van der Waals surface area contributed by atoms with Gasteiger partial charge >= 0.3 is 5.69 Å². The molecule has 3 heterocycles. The van der Waals surface area contributed by atoms with Crippen molar-refractivity contribution in [3.63, 3.8) is 0 Å². The van der Waals surface area contributed by atoms with Crippen LogP contribution in [-0.4, -0.2) is 29.2 Å². The fraction of sp³-hybridized carbons (Fsp3) is 0.321. The number of hydrogen-bond acceptors (Lipinski definition) is 7. The second-order valence-electron chi connectivity index (χ2n) is 9.05. The van der Waals surface area contributed by atoms with Crippen LogP contribution in [-0.2, 0) is 26.1 Å². The highest BCUT2D eigenvalue weighted by molar-refractivity contribution is 5.75. The van der Waals surface area contributed by atoms with Crippen molar-refractivity contribution in [2.75, 3.05) is 0 Å². The van der Waals surface area contributed by atoms with Crippen LogP contribution in [0.1, 0.15) is 45.0 Å². The van der Waals surface area contributed by atoms with E-state index in [9.17, 15) is 9.59 Å². The summed E-state index contributed by atoms with van der Waals surface area (Å²) in [5, 5.41) is 4.01. The molecule has 10 nitrogen and oxygen atoms in total. The molecule has 0 amide bonds. The van der Waals surface area contributed by atoms with Gasteiger partial charge in [0.1, 0.15) is 17.1 Å². The zero-order valence-corrected chi connectivity index (χ0v) is 21.7. The van der Waals surface area contributed by atoms with E-state index in [2.05, 4.69) is 27.0 Å². The van der Waals surface area contributed by atoms with Gasteiger partial charge in [0.2, 0.25) is 5.82 Å². The zero-order chi connectivity index (χ0) is 26.6. The number of fused-ring (bicyclic) bond motifs is 1. The van der Waals surface area contributed by atoms with Crippen LogP contribution in [0.25, 0.3) is 34.0 Å². The average Bonchev–Trinajstić information content (AvgIpc) is 3.61. The van der Waals surface area contributed by atoms with Crippen LogP contribution in [0.5, 0.6) is 5.75 Å². The number of nitrogens with one attached hydrogen (secondary N) is 1. The first-order chi connectivity index (χ1) is 18.5. The molecule has 0 atom stereocenters. The molecule has 0 saturated heterocycles. The van der Waals surface area contributed by atoms with E-state index < -0.39 is 0 Å². The van der Waals surface area contributed by atoms with Crippen molar-refractivity contribution in [2.24, 2.45) is 0 Å². The highest BCUT2D eigenvalue weighted by Gasteiger charge is 2.17. The number of aromatic amines is 1. The quantitative estimate of drug-likeness (QED) is 0.290. The number of ether oxygens (including phenoxy) is 1. The van der Waals surface area contributed by atoms with Gasteiger partial charge in [-0.2, -0.15) is 4.98 Å². The van der Waals surface area contributed by atoms with Crippen LogP contribution < -0.4 is 16.0 Å². The van der Waals surface area contributed by atoms with E-state index in [1.165, 1.54) is 10.1 Å². The van der Waals surface area contributed by atoms with Gasteiger partial charge in [-0.15, -0.1) is 0 Å². The Morgan fingerprint density at radius 3 is 2.24 bits per heavy atom. The average molecular weight is 515 g/mol. The number of aromatic nitrogens is 6. The molecule has 5 aromatic rings. The van der Waals surface area contributed by atoms with Crippen molar-refractivity contribution in [1.82, 2.24) is 29.2 Å². The molecule has 0 fully saturated rings. The van der Waals surface area contributed by atoms with Crippen molar-refractivity contribution in [3.05, 3.63) is 80.8 Å². The molecular formula is C28H30N6O4. The first-order valence-corrected chi connectivity index (χ1v) is 12.9. The van der Waals surface area contributed by atoms with Crippen LogP contribution >= 0.6 is 0 Å². The fourth-order valence-electron chi connectivity index (χ4n) is 4.32. The molecule has 0 aliphatic carbocycles. The lowest BCUT2D eigenvalue weighted by Crippen LogP contribution is -2.40. The lowest BCUT2D eigenvalue weighted by atomic mass is 10.1. The number of rotatable bonds is 10. The number of imidazole rings is 1. The molecular weight excluding hydrogens is 484 g/mol. The van der Waals surface area contributed by atoms with E-state index in [0.717, 1.165) is 24.0 Å². The van der Waals surface area contributed by atoms with E-state index in [4.69, 9.17) is 9.26 Å². The van der Waals surface area contributed by atoms with Gasteiger partial charge in [0.05, 0.1) is 0 Å². The minimum atomic E-state index is -0.348. The van der Waals surface area contributed by atoms with Crippen molar-refractivity contribution >= 4 is 11.2 Å². The Bertz CT molecular complexity index is 1660. The molecule has 0 bridgehead atoms. The summed E-state index contributed by atoms with van der Waals surface area (Å²) in [5.74, 6) is 2.03. The first kappa shape index (κ1) is 25.2. The van der Waals surface area contributed by atoms with Gasteiger partial charge in [-0.25, -0.2) is 9.78 Å². The Morgan fingerprint density at radius 1 is 0.868 bits per heavy atom. The summed E-state index contributed by atoms with van der Waals surface area (Å²) in [7, 11) is 0. The maximum absolute atomic E-state index is 13.0. The zero-order valence-electron chi connectivity index (χ0n) is 21.7. The molecule has 0 spiro atoms. The van der Waals surface area contributed by atoms with Crippen LogP contribution in [0.4, 0.5) is 0 Å². The second kappa shape index (κ2) is 10.9. The van der Waals surface area contributed by atoms with E-state index in [-0.39, 0.29) is 17.9 Å². The molecule has 5 rings (SSSR count). The topological polar surface area (TPSA) is 121 Å². The lowest BCUT2D eigenvalue weighted by molar-refractivity contribution is 0.287. The Balaban J connectivity index is 1.33. The van der Waals surface area contributed by atoms with Crippen LogP contribution in [0.2, 0.25) is 0 Å². The molecule has 0 aliphatic rings. The number of nitrogens with zero attached hydrogens (tertiary/aromatic N) is 5. The predicted molar refractivity (Wildman–Crippen MR) is 144 cm³/mol. The molecule has 196 valence electrons. The molecule has 2 aromatic carbocycles. The van der Waals surface area contributed by atoms with E-state index >= 15 is 0 Å². The SMILES string of the molecule is CCCn1c(=O)c2[nH]c(-c3ccc(OCc4noc(-c5ccc(CC)cc5)n4)cc3)nc2n(CCC)c1=O. The molecule has 0 radical (unpaired) electrons. The monoisotopic (exact) mass is 514 g/mol. The maximum atomic E-state index is 13.0. The molecule has 0 aliphatic heterocycles. The van der Waals surface area contributed by atoms with Crippen molar-refractivity contribution in [1.29, 1.82) is 0 Å². The number of H-pyrrole nitrogens is 1. The summed E-state index contributed by atoms with van der Waals surface area (Å²) >= 11 is 0. The van der Waals surface area contributed by atoms with Crippen molar-refractivity contribution in [2.45, 2.75) is 59.7 Å². The third kappa shape index (κ3) is 4.89. The smallest absolute Gasteiger partial charge is 0.332 e. The molecule has 3 aromatic heterocycles. The van der Waals surface area contributed by atoms with E-state index in [1.807, 2.05) is 62.4 Å². The van der Waals surface area contributed by atoms with Gasteiger partial charge in [-0.05, 0) is 61.2 Å². The van der Waals surface area contributed by atoms with E-state index in [0.29, 0.717) is 54.0 Å². The van der Waals surface area contributed by atoms with Crippen molar-refractivity contribution < 1.29 is 9.26 Å². The Hall–Kier alpha value is -4.47. The van der Waals surface area contributed by atoms with Gasteiger partial charge in [0.15, 0.2) is 12.3 Å². The Labute approximate surface area is 218 Å². The minimum absolute atomic E-state index is 0.154. The maximum Gasteiger partial charge on any atom is 0.332 e. The number of benzene rings is 2. The standard InChI is InChI=1S/C28H30N6O4/c1-4-15-33-25-23(27(35)34(16-5-2)28(33)36)30-24(31-25)19-11-13-21(14-12-19)37-17-22-29-26(38-32-22)20-9-7-18(6-3)8-10-20/h7-14H,4-6,15-17H2,1-3H3,(H,30,31). The van der Waals surface area contributed by atoms with Crippen molar-refractivity contribution in [3.8, 4) is 28.6 Å². The molecule has 38 heavy (non-hydrogen) atoms. The normalized spacial score (nSPS) is 11.3. The summed E-state index contributed by atoms with van der Waals surface area (Å²) in [5.41, 5.74) is 2.91. The third-order valence-electron chi connectivity index (χ3n) is 6.33. The summed E-state index contributed by atoms with van der Waals surface area (Å²) in [6.07, 6.45) is 2.41. The highest BCUT2D eigenvalue weighted by atomic mass is 16.5.